The molecule has 4 nitrogen and oxygen atoms in total. The second-order valence-electron chi connectivity index (χ2n) is 4.99. The summed E-state index contributed by atoms with van der Waals surface area (Å²) in [4.78, 5) is 0. The summed E-state index contributed by atoms with van der Waals surface area (Å²) in [6.45, 7) is 0.955. The number of aromatic hydroxyl groups is 1. The van der Waals surface area contributed by atoms with Crippen LogP contribution in [-0.2, 0) is 6.54 Å². The van der Waals surface area contributed by atoms with Gasteiger partial charge in [-0.25, -0.2) is 0 Å². The molecule has 3 N–H and O–H groups in total. The van der Waals surface area contributed by atoms with E-state index in [-0.39, 0.29) is 12.4 Å². The van der Waals surface area contributed by atoms with Crippen LogP contribution in [0.3, 0.4) is 0 Å². The summed E-state index contributed by atoms with van der Waals surface area (Å²) in [6.07, 6.45) is 3.38. The van der Waals surface area contributed by atoms with Crippen LogP contribution in [0.1, 0.15) is 24.8 Å². The van der Waals surface area contributed by atoms with Crippen LogP contribution in [0.15, 0.2) is 16.6 Å². The summed E-state index contributed by atoms with van der Waals surface area (Å²) >= 11 is 3.32. The number of phenols is 1. The van der Waals surface area contributed by atoms with E-state index in [0.717, 1.165) is 18.4 Å². The van der Waals surface area contributed by atoms with Gasteiger partial charge in [-0.2, -0.15) is 0 Å². The zero-order valence-electron chi connectivity index (χ0n) is 11.0. The van der Waals surface area contributed by atoms with Crippen LogP contribution < -0.4 is 10.1 Å². The molecule has 2 rings (SSSR count). The molecule has 0 radical (unpaired) electrons. The summed E-state index contributed by atoms with van der Waals surface area (Å²) < 4.78 is 5.77. The predicted octanol–water partition coefficient (Wildman–Crippen LogP) is 2.41. The van der Waals surface area contributed by atoms with Gasteiger partial charge in [-0.1, -0.05) is 6.42 Å². The van der Waals surface area contributed by atoms with E-state index < -0.39 is 0 Å². The van der Waals surface area contributed by atoms with E-state index in [0.29, 0.717) is 28.7 Å². The number of halogens is 1. The first-order valence-corrected chi connectivity index (χ1v) is 7.34. The van der Waals surface area contributed by atoms with Crippen molar-refractivity contribution in [1.82, 2.24) is 5.32 Å². The lowest BCUT2D eigenvalue weighted by atomic mass is 10.0. The monoisotopic (exact) mass is 329 g/mol. The highest BCUT2D eigenvalue weighted by atomic mass is 79.9. The largest absolute Gasteiger partial charge is 0.503 e. The Morgan fingerprint density at radius 3 is 2.89 bits per heavy atom. The van der Waals surface area contributed by atoms with Gasteiger partial charge in [-0.15, -0.1) is 0 Å². The van der Waals surface area contributed by atoms with Crippen molar-refractivity contribution in [3.63, 3.8) is 0 Å². The zero-order valence-corrected chi connectivity index (χ0v) is 12.6. The van der Waals surface area contributed by atoms with Gasteiger partial charge in [0.15, 0.2) is 11.5 Å². The molecule has 1 aliphatic carbocycles. The molecule has 1 aromatic carbocycles. The Kier molecular flexibility index (Phi) is 5.07. The Morgan fingerprint density at radius 2 is 2.21 bits per heavy atom. The minimum Gasteiger partial charge on any atom is -0.503 e. The number of aliphatic hydroxyl groups excluding tert-OH is 1. The molecule has 0 aliphatic heterocycles. The maximum absolute atomic E-state index is 9.76. The summed E-state index contributed by atoms with van der Waals surface area (Å²) in [5.74, 6) is 0.958. The van der Waals surface area contributed by atoms with Crippen molar-refractivity contribution in [2.45, 2.75) is 31.8 Å². The first kappa shape index (κ1) is 14.6. The molecule has 2 unspecified atom stereocenters. The van der Waals surface area contributed by atoms with Crippen LogP contribution in [-0.4, -0.2) is 30.0 Å². The fourth-order valence-corrected chi connectivity index (χ4v) is 3.15. The fourth-order valence-electron chi connectivity index (χ4n) is 2.66. The molecule has 0 heterocycles. The third kappa shape index (κ3) is 3.41. The van der Waals surface area contributed by atoms with Gasteiger partial charge in [0, 0.05) is 19.2 Å². The van der Waals surface area contributed by atoms with Crippen molar-refractivity contribution in [3.8, 4) is 11.5 Å². The van der Waals surface area contributed by atoms with Crippen molar-refractivity contribution in [3.05, 3.63) is 22.2 Å². The molecule has 19 heavy (non-hydrogen) atoms. The van der Waals surface area contributed by atoms with Gasteiger partial charge in [-0.3, -0.25) is 0 Å². The topological polar surface area (TPSA) is 61.7 Å². The highest BCUT2D eigenvalue weighted by Crippen LogP contribution is 2.35. The second kappa shape index (κ2) is 6.59. The van der Waals surface area contributed by atoms with E-state index in [1.54, 1.807) is 0 Å². The van der Waals surface area contributed by atoms with Gasteiger partial charge in [0.25, 0.3) is 0 Å². The number of aliphatic hydroxyl groups is 1. The Labute approximate surface area is 121 Å². The van der Waals surface area contributed by atoms with Gasteiger partial charge in [0.2, 0.25) is 0 Å². The van der Waals surface area contributed by atoms with E-state index in [4.69, 9.17) is 4.74 Å². The Bertz CT molecular complexity index is 439. The number of benzene rings is 1. The van der Waals surface area contributed by atoms with E-state index in [1.165, 1.54) is 13.5 Å². The van der Waals surface area contributed by atoms with Gasteiger partial charge in [-0.05, 0) is 52.4 Å². The standard InChI is InChI=1S/C14H20BrNO3/c1-19-13-6-9(5-11(15)14(13)18)7-16-12-4-2-3-10(12)8-17/h5-6,10,12,16-18H,2-4,7-8H2,1H3. The molecule has 2 atom stereocenters. The van der Waals surface area contributed by atoms with Crippen molar-refractivity contribution in [2.75, 3.05) is 13.7 Å². The van der Waals surface area contributed by atoms with Crippen LogP contribution >= 0.6 is 15.9 Å². The molecule has 1 aromatic rings. The summed E-state index contributed by atoms with van der Waals surface area (Å²) in [5, 5.41) is 22.5. The number of nitrogens with one attached hydrogen (secondary N) is 1. The Hall–Kier alpha value is -0.780. The van der Waals surface area contributed by atoms with Crippen LogP contribution in [0.4, 0.5) is 0 Å². The van der Waals surface area contributed by atoms with Crippen molar-refractivity contribution < 1.29 is 14.9 Å². The molecule has 106 valence electrons. The normalized spacial score (nSPS) is 22.7. The van der Waals surface area contributed by atoms with Crippen molar-refractivity contribution in [1.29, 1.82) is 0 Å². The molecule has 0 spiro atoms. The van der Waals surface area contributed by atoms with Crippen LogP contribution in [0.2, 0.25) is 0 Å². The second-order valence-corrected chi connectivity index (χ2v) is 5.84. The van der Waals surface area contributed by atoms with Crippen LogP contribution in [0, 0.1) is 5.92 Å². The smallest absolute Gasteiger partial charge is 0.172 e. The lowest BCUT2D eigenvalue weighted by Crippen LogP contribution is -2.33. The molecular weight excluding hydrogens is 310 g/mol. The van der Waals surface area contributed by atoms with Crippen LogP contribution in [0.5, 0.6) is 11.5 Å². The number of hydrogen-bond acceptors (Lipinski definition) is 4. The third-order valence-corrected chi connectivity index (χ3v) is 4.37. The summed E-state index contributed by atoms with van der Waals surface area (Å²) in [5.41, 5.74) is 1.05. The maximum atomic E-state index is 9.76. The lowest BCUT2D eigenvalue weighted by molar-refractivity contribution is 0.205. The third-order valence-electron chi connectivity index (χ3n) is 3.77. The van der Waals surface area contributed by atoms with Crippen LogP contribution in [0.25, 0.3) is 0 Å². The molecular formula is C14H20BrNO3. The molecule has 1 aliphatic rings. The minimum atomic E-state index is 0.125. The fraction of sp³-hybridized carbons (Fsp3) is 0.571. The summed E-state index contributed by atoms with van der Waals surface area (Å²) in [7, 11) is 1.54. The summed E-state index contributed by atoms with van der Waals surface area (Å²) in [6, 6.07) is 4.09. The van der Waals surface area contributed by atoms with Crippen molar-refractivity contribution >= 4 is 15.9 Å². The van der Waals surface area contributed by atoms with E-state index in [1.807, 2.05) is 12.1 Å². The van der Waals surface area contributed by atoms with Crippen molar-refractivity contribution in [2.24, 2.45) is 5.92 Å². The SMILES string of the molecule is COc1cc(CNC2CCCC2CO)cc(Br)c1O. The first-order valence-electron chi connectivity index (χ1n) is 6.55. The maximum Gasteiger partial charge on any atom is 0.172 e. The average molecular weight is 330 g/mol. The number of methoxy groups -OCH3 is 1. The molecule has 1 saturated carbocycles. The first-order chi connectivity index (χ1) is 9.15. The molecule has 0 saturated heterocycles. The minimum absolute atomic E-state index is 0.125. The van der Waals surface area contributed by atoms with E-state index >= 15 is 0 Å². The zero-order chi connectivity index (χ0) is 13.8. The molecule has 0 amide bonds. The van der Waals surface area contributed by atoms with Gasteiger partial charge in [0.05, 0.1) is 11.6 Å². The van der Waals surface area contributed by atoms with Gasteiger partial charge in [0.1, 0.15) is 0 Å². The van der Waals surface area contributed by atoms with E-state index in [9.17, 15) is 10.2 Å². The quantitative estimate of drug-likeness (QED) is 0.776. The lowest BCUT2D eigenvalue weighted by Gasteiger charge is -2.19. The average Bonchev–Trinajstić information content (AvgIpc) is 2.87. The predicted molar refractivity (Wildman–Crippen MR) is 77.4 cm³/mol. The highest BCUT2D eigenvalue weighted by Gasteiger charge is 2.25. The Balaban J connectivity index is 2.01. The Morgan fingerprint density at radius 1 is 1.42 bits per heavy atom. The number of rotatable bonds is 5. The molecule has 0 bridgehead atoms. The number of phenolic OH excluding ortho intramolecular Hbond substituents is 1. The molecule has 0 aromatic heterocycles. The molecule has 1 fully saturated rings. The highest BCUT2D eigenvalue weighted by molar-refractivity contribution is 9.10. The molecule has 5 heteroatoms. The van der Waals surface area contributed by atoms with Gasteiger partial charge < -0.3 is 20.3 Å². The van der Waals surface area contributed by atoms with E-state index in [2.05, 4.69) is 21.2 Å². The number of hydrogen-bond donors (Lipinski definition) is 3. The number of ether oxygens (including phenoxy) is 1. The van der Waals surface area contributed by atoms with Gasteiger partial charge >= 0.3 is 0 Å².